The van der Waals surface area contributed by atoms with Gasteiger partial charge in [-0.15, -0.1) is 0 Å². The van der Waals surface area contributed by atoms with Crippen molar-refractivity contribution in [2.75, 3.05) is 0 Å². The minimum atomic E-state index is -0.629. The summed E-state index contributed by atoms with van der Waals surface area (Å²) in [6.45, 7) is 5.52. The zero-order chi connectivity index (χ0) is 8.15. The lowest BCUT2D eigenvalue weighted by Crippen LogP contribution is -2.21. The standard InChI is InChI=1S/C8H16O2/c1-6(2)4-5-8(10)7(3)9/h4,7-10H,5H2,1-3H3. The zero-order valence-corrected chi connectivity index (χ0v) is 6.83. The van der Waals surface area contributed by atoms with Crippen LogP contribution in [0.3, 0.4) is 0 Å². The molecule has 2 nitrogen and oxygen atoms in total. The van der Waals surface area contributed by atoms with Crippen LogP contribution in [-0.2, 0) is 0 Å². The van der Waals surface area contributed by atoms with Crippen molar-refractivity contribution in [3.05, 3.63) is 11.6 Å². The first-order valence-electron chi connectivity index (χ1n) is 3.53. The van der Waals surface area contributed by atoms with Gasteiger partial charge in [0.2, 0.25) is 0 Å². The third kappa shape index (κ3) is 4.53. The molecule has 2 unspecified atom stereocenters. The lowest BCUT2D eigenvalue weighted by molar-refractivity contribution is 0.0335. The second kappa shape index (κ2) is 4.47. The molecule has 0 aromatic carbocycles. The summed E-state index contributed by atoms with van der Waals surface area (Å²) >= 11 is 0. The maximum Gasteiger partial charge on any atom is 0.0830 e. The molecule has 0 saturated carbocycles. The molecular weight excluding hydrogens is 128 g/mol. The van der Waals surface area contributed by atoms with Crippen molar-refractivity contribution < 1.29 is 10.2 Å². The molecule has 0 aliphatic rings. The number of aliphatic hydroxyl groups excluding tert-OH is 2. The molecule has 0 aliphatic carbocycles. The van der Waals surface area contributed by atoms with Crippen LogP contribution in [0.1, 0.15) is 27.2 Å². The van der Waals surface area contributed by atoms with Crippen molar-refractivity contribution in [1.29, 1.82) is 0 Å². The molecule has 0 aliphatic heterocycles. The molecule has 0 fully saturated rings. The molecule has 10 heavy (non-hydrogen) atoms. The number of hydrogen-bond donors (Lipinski definition) is 2. The van der Waals surface area contributed by atoms with Crippen LogP contribution in [0, 0.1) is 0 Å². The first kappa shape index (κ1) is 9.66. The van der Waals surface area contributed by atoms with Crippen molar-refractivity contribution in [3.8, 4) is 0 Å². The minimum Gasteiger partial charge on any atom is -0.391 e. The maximum atomic E-state index is 9.08. The number of rotatable bonds is 3. The van der Waals surface area contributed by atoms with E-state index in [1.807, 2.05) is 19.9 Å². The Morgan fingerprint density at radius 1 is 1.40 bits per heavy atom. The van der Waals surface area contributed by atoms with Gasteiger partial charge in [-0.2, -0.15) is 0 Å². The number of hydrogen-bond acceptors (Lipinski definition) is 2. The van der Waals surface area contributed by atoms with Crippen LogP contribution in [0.4, 0.5) is 0 Å². The van der Waals surface area contributed by atoms with E-state index >= 15 is 0 Å². The fourth-order valence-electron chi connectivity index (χ4n) is 0.553. The average Bonchev–Trinajstić information content (AvgIpc) is 1.82. The van der Waals surface area contributed by atoms with Gasteiger partial charge in [0.25, 0.3) is 0 Å². The monoisotopic (exact) mass is 144 g/mol. The molecule has 2 heteroatoms. The summed E-state index contributed by atoms with van der Waals surface area (Å²) in [5, 5.41) is 17.9. The summed E-state index contributed by atoms with van der Waals surface area (Å²) in [7, 11) is 0. The molecule has 0 rings (SSSR count). The fraction of sp³-hybridized carbons (Fsp3) is 0.750. The smallest absolute Gasteiger partial charge is 0.0830 e. The molecule has 0 bridgehead atoms. The molecule has 0 radical (unpaired) electrons. The molecule has 0 saturated heterocycles. The summed E-state index contributed by atoms with van der Waals surface area (Å²) in [6.07, 6.45) is 1.21. The summed E-state index contributed by atoms with van der Waals surface area (Å²) in [5.74, 6) is 0. The SMILES string of the molecule is CC(C)=CCC(O)C(C)O. The van der Waals surface area contributed by atoms with Crippen molar-refractivity contribution in [2.24, 2.45) is 0 Å². The van der Waals surface area contributed by atoms with Crippen LogP contribution in [0.15, 0.2) is 11.6 Å². The van der Waals surface area contributed by atoms with Gasteiger partial charge in [-0.3, -0.25) is 0 Å². The van der Waals surface area contributed by atoms with E-state index in [0.717, 1.165) is 0 Å². The second-order valence-electron chi connectivity index (χ2n) is 2.83. The molecule has 0 amide bonds. The van der Waals surface area contributed by atoms with Crippen LogP contribution >= 0.6 is 0 Å². The van der Waals surface area contributed by atoms with Gasteiger partial charge >= 0.3 is 0 Å². The largest absolute Gasteiger partial charge is 0.391 e. The van der Waals surface area contributed by atoms with Gasteiger partial charge in [0.1, 0.15) is 0 Å². The Labute approximate surface area is 62.2 Å². The van der Waals surface area contributed by atoms with Crippen molar-refractivity contribution in [2.45, 2.75) is 39.4 Å². The maximum absolute atomic E-state index is 9.08. The average molecular weight is 144 g/mol. The molecular formula is C8H16O2. The third-order valence-electron chi connectivity index (χ3n) is 1.32. The predicted octanol–water partition coefficient (Wildman–Crippen LogP) is 1.08. The summed E-state index contributed by atoms with van der Waals surface area (Å²) in [5.41, 5.74) is 1.17. The van der Waals surface area contributed by atoms with Crippen LogP contribution in [0.25, 0.3) is 0 Å². The van der Waals surface area contributed by atoms with E-state index in [0.29, 0.717) is 6.42 Å². The van der Waals surface area contributed by atoms with Crippen molar-refractivity contribution in [1.82, 2.24) is 0 Å². The topological polar surface area (TPSA) is 40.5 Å². The Balaban J connectivity index is 3.59. The van der Waals surface area contributed by atoms with E-state index in [1.54, 1.807) is 6.92 Å². The van der Waals surface area contributed by atoms with Crippen LogP contribution in [0.5, 0.6) is 0 Å². The summed E-state index contributed by atoms with van der Waals surface area (Å²) < 4.78 is 0. The van der Waals surface area contributed by atoms with Crippen molar-refractivity contribution in [3.63, 3.8) is 0 Å². The quantitative estimate of drug-likeness (QED) is 0.582. The zero-order valence-electron chi connectivity index (χ0n) is 6.83. The number of allylic oxidation sites excluding steroid dienone is 1. The van der Waals surface area contributed by atoms with Gasteiger partial charge in [-0.05, 0) is 27.2 Å². The van der Waals surface area contributed by atoms with E-state index < -0.39 is 12.2 Å². The Hall–Kier alpha value is -0.340. The van der Waals surface area contributed by atoms with E-state index in [1.165, 1.54) is 5.57 Å². The highest BCUT2D eigenvalue weighted by molar-refractivity contribution is 4.94. The van der Waals surface area contributed by atoms with E-state index in [-0.39, 0.29) is 0 Å². The minimum absolute atomic E-state index is 0.542. The van der Waals surface area contributed by atoms with Crippen LogP contribution < -0.4 is 0 Å². The highest BCUT2D eigenvalue weighted by Crippen LogP contribution is 2.01. The lowest BCUT2D eigenvalue weighted by Gasteiger charge is -2.10. The molecule has 2 N–H and O–H groups in total. The Morgan fingerprint density at radius 2 is 1.90 bits per heavy atom. The molecule has 0 aromatic heterocycles. The van der Waals surface area contributed by atoms with Gasteiger partial charge in [-0.1, -0.05) is 11.6 Å². The molecule has 0 spiro atoms. The highest BCUT2D eigenvalue weighted by Gasteiger charge is 2.07. The first-order chi connectivity index (χ1) is 4.54. The Morgan fingerprint density at radius 3 is 2.20 bits per heavy atom. The van der Waals surface area contributed by atoms with Crippen LogP contribution in [0.2, 0.25) is 0 Å². The first-order valence-corrected chi connectivity index (χ1v) is 3.53. The van der Waals surface area contributed by atoms with E-state index in [2.05, 4.69) is 0 Å². The summed E-state index contributed by atoms with van der Waals surface area (Å²) in [6, 6.07) is 0. The van der Waals surface area contributed by atoms with E-state index in [4.69, 9.17) is 10.2 Å². The Bertz CT molecular complexity index is 112. The fourth-order valence-corrected chi connectivity index (χ4v) is 0.553. The van der Waals surface area contributed by atoms with Gasteiger partial charge in [0, 0.05) is 0 Å². The van der Waals surface area contributed by atoms with Gasteiger partial charge in [-0.25, -0.2) is 0 Å². The van der Waals surface area contributed by atoms with Crippen LogP contribution in [-0.4, -0.2) is 22.4 Å². The molecule has 60 valence electrons. The second-order valence-corrected chi connectivity index (χ2v) is 2.83. The Kier molecular flexibility index (Phi) is 4.32. The van der Waals surface area contributed by atoms with E-state index in [9.17, 15) is 0 Å². The van der Waals surface area contributed by atoms with Crippen molar-refractivity contribution >= 4 is 0 Å². The molecule has 0 aromatic rings. The van der Waals surface area contributed by atoms with Gasteiger partial charge < -0.3 is 10.2 Å². The summed E-state index contributed by atoms with van der Waals surface area (Å²) in [4.78, 5) is 0. The third-order valence-corrected chi connectivity index (χ3v) is 1.32. The number of aliphatic hydroxyl groups is 2. The lowest BCUT2D eigenvalue weighted by atomic mass is 10.1. The van der Waals surface area contributed by atoms with Gasteiger partial charge in [0.05, 0.1) is 12.2 Å². The van der Waals surface area contributed by atoms with Gasteiger partial charge in [0.15, 0.2) is 0 Å². The normalized spacial score (nSPS) is 16.1. The molecule has 2 atom stereocenters. The highest BCUT2D eigenvalue weighted by atomic mass is 16.3. The molecule has 0 heterocycles. The predicted molar refractivity (Wildman–Crippen MR) is 41.7 cm³/mol.